The van der Waals surface area contributed by atoms with Gasteiger partial charge in [0.2, 0.25) is 11.8 Å². The van der Waals surface area contributed by atoms with Crippen molar-refractivity contribution < 1.29 is 31.9 Å². The second-order valence-electron chi connectivity index (χ2n) is 8.65. The third-order valence-electron chi connectivity index (χ3n) is 5.64. The lowest BCUT2D eigenvalue weighted by molar-refractivity contribution is -0.141. The quantitative estimate of drug-likeness (QED) is 0.261. The Bertz CT molecular complexity index is 1590. The minimum atomic E-state index is -4.74. The first-order chi connectivity index (χ1) is 18.9. The molecule has 0 saturated heterocycles. The molecule has 0 aliphatic carbocycles. The summed E-state index contributed by atoms with van der Waals surface area (Å²) in [6, 6.07) is 11.0. The first kappa shape index (κ1) is 28.1. The molecule has 0 fully saturated rings. The number of ether oxygens (including phenoxy) is 1. The second-order valence-corrected chi connectivity index (χ2v) is 8.65. The summed E-state index contributed by atoms with van der Waals surface area (Å²) in [6.45, 7) is 5.14. The van der Waals surface area contributed by atoms with Crippen molar-refractivity contribution in [1.82, 2.24) is 15.0 Å². The fourth-order valence-electron chi connectivity index (χ4n) is 3.87. The number of rotatable bonds is 7. The van der Waals surface area contributed by atoms with E-state index in [9.17, 15) is 27.2 Å². The van der Waals surface area contributed by atoms with Gasteiger partial charge >= 0.3 is 6.18 Å². The molecule has 0 spiro atoms. The number of aromatic nitrogens is 3. The van der Waals surface area contributed by atoms with Crippen LogP contribution >= 0.6 is 0 Å². The Morgan fingerprint density at radius 2 is 1.70 bits per heavy atom. The highest BCUT2D eigenvalue weighted by atomic mass is 19.4. The molecule has 4 rings (SSSR count). The van der Waals surface area contributed by atoms with Gasteiger partial charge in [-0.15, -0.1) is 0 Å². The van der Waals surface area contributed by atoms with E-state index in [0.29, 0.717) is 46.4 Å². The van der Waals surface area contributed by atoms with Crippen LogP contribution in [0.4, 0.5) is 29.1 Å². The van der Waals surface area contributed by atoms with Gasteiger partial charge in [-0.3, -0.25) is 14.6 Å². The lowest BCUT2D eigenvalue weighted by Crippen LogP contribution is -2.16. The molecule has 0 unspecified atom stereocenters. The maximum atomic E-state index is 14.9. The molecule has 40 heavy (non-hydrogen) atoms. The predicted molar refractivity (Wildman–Crippen MR) is 140 cm³/mol. The molecular formula is C28H23F4N5O3. The minimum absolute atomic E-state index is 0.232. The molecule has 8 nitrogen and oxygen atoms in total. The average Bonchev–Trinajstić information content (AvgIpc) is 2.89. The molecule has 0 radical (unpaired) electrons. The van der Waals surface area contributed by atoms with Crippen molar-refractivity contribution in [2.24, 2.45) is 0 Å². The number of aryl methyl sites for hydroxylation is 1. The number of nitrogens with zero attached hydrogens (tertiary/aromatic N) is 3. The van der Waals surface area contributed by atoms with Gasteiger partial charge in [0.05, 0.1) is 18.0 Å². The lowest BCUT2D eigenvalue weighted by atomic mass is 9.98. The van der Waals surface area contributed by atoms with Gasteiger partial charge in [0.1, 0.15) is 17.3 Å². The van der Waals surface area contributed by atoms with Crippen LogP contribution in [0.15, 0.2) is 60.9 Å². The van der Waals surface area contributed by atoms with E-state index in [1.165, 1.54) is 25.3 Å². The SMILES string of the molecule is CCOc1cc(-c2cc(NC(=O)c3ccnc(C(F)(F)F)c3)c(F)cc2C)cc(-c2ccnc(NC(C)=O)c2)n1. The van der Waals surface area contributed by atoms with Gasteiger partial charge in [0, 0.05) is 36.5 Å². The van der Waals surface area contributed by atoms with E-state index in [0.717, 1.165) is 12.3 Å². The van der Waals surface area contributed by atoms with E-state index in [-0.39, 0.29) is 23.0 Å². The lowest BCUT2D eigenvalue weighted by Gasteiger charge is -2.15. The fraction of sp³-hybridized carbons (Fsp3) is 0.179. The Morgan fingerprint density at radius 1 is 0.950 bits per heavy atom. The summed E-state index contributed by atoms with van der Waals surface area (Å²) in [4.78, 5) is 36.1. The molecule has 0 atom stereocenters. The van der Waals surface area contributed by atoms with Crippen LogP contribution in [0.3, 0.4) is 0 Å². The normalized spacial score (nSPS) is 11.2. The number of anilines is 2. The summed E-state index contributed by atoms with van der Waals surface area (Å²) in [5.41, 5.74) is 0.896. The molecule has 4 aromatic rings. The van der Waals surface area contributed by atoms with Crippen LogP contribution in [0.25, 0.3) is 22.4 Å². The summed E-state index contributed by atoms with van der Waals surface area (Å²) in [7, 11) is 0. The highest BCUT2D eigenvalue weighted by Crippen LogP contribution is 2.34. The van der Waals surface area contributed by atoms with E-state index in [1.54, 1.807) is 38.1 Å². The number of hydrogen-bond acceptors (Lipinski definition) is 6. The number of alkyl halides is 3. The summed E-state index contributed by atoms with van der Waals surface area (Å²) >= 11 is 0. The van der Waals surface area contributed by atoms with Gasteiger partial charge in [-0.25, -0.2) is 14.4 Å². The molecule has 206 valence electrons. The Morgan fingerprint density at radius 3 is 2.40 bits per heavy atom. The van der Waals surface area contributed by atoms with Gasteiger partial charge in [-0.1, -0.05) is 0 Å². The first-order valence-corrected chi connectivity index (χ1v) is 12.0. The largest absolute Gasteiger partial charge is 0.478 e. The Kier molecular flexibility index (Phi) is 8.08. The number of carbonyl (C=O) groups excluding carboxylic acids is 2. The molecule has 2 N–H and O–H groups in total. The zero-order valence-electron chi connectivity index (χ0n) is 21.6. The topological polar surface area (TPSA) is 106 Å². The van der Waals surface area contributed by atoms with Gasteiger partial charge in [0.15, 0.2) is 0 Å². The number of benzene rings is 1. The van der Waals surface area contributed by atoms with Crippen molar-refractivity contribution in [2.75, 3.05) is 17.2 Å². The van der Waals surface area contributed by atoms with E-state index in [1.807, 2.05) is 0 Å². The molecule has 3 heterocycles. The fourth-order valence-corrected chi connectivity index (χ4v) is 3.87. The number of nitrogens with one attached hydrogen (secondary N) is 2. The average molecular weight is 554 g/mol. The highest BCUT2D eigenvalue weighted by Gasteiger charge is 2.33. The molecule has 3 aromatic heterocycles. The molecule has 2 amide bonds. The molecular weight excluding hydrogens is 530 g/mol. The van der Waals surface area contributed by atoms with Crippen LogP contribution in [0.5, 0.6) is 5.88 Å². The van der Waals surface area contributed by atoms with Crippen LogP contribution in [0, 0.1) is 12.7 Å². The number of pyridine rings is 3. The van der Waals surface area contributed by atoms with Crippen molar-refractivity contribution in [1.29, 1.82) is 0 Å². The number of hydrogen-bond donors (Lipinski definition) is 2. The molecule has 0 aliphatic heterocycles. The van der Waals surface area contributed by atoms with Crippen LogP contribution in [0.2, 0.25) is 0 Å². The summed E-state index contributed by atoms with van der Waals surface area (Å²) < 4.78 is 59.6. The van der Waals surface area contributed by atoms with Crippen LogP contribution in [0.1, 0.15) is 35.5 Å². The van der Waals surface area contributed by atoms with E-state index < -0.39 is 23.6 Å². The van der Waals surface area contributed by atoms with Gasteiger partial charge in [-0.2, -0.15) is 13.2 Å². The maximum Gasteiger partial charge on any atom is 0.433 e. The Hall–Kier alpha value is -4.87. The van der Waals surface area contributed by atoms with Gasteiger partial charge in [0.25, 0.3) is 5.91 Å². The maximum absolute atomic E-state index is 14.9. The summed E-state index contributed by atoms with van der Waals surface area (Å²) in [5, 5.41) is 4.96. The van der Waals surface area contributed by atoms with Gasteiger partial charge in [-0.05, 0) is 73.0 Å². The van der Waals surface area contributed by atoms with E-state index >= 15 is 0 Å². The Labute approximate surface area is 226 Å². The second kappa shape index (κ2) is 11.5. The van der Waals surface area contributed by atoms with E-state index in [2.05, 4.69) is 25.6 Å². The summed E-state index contributed by atoms with van der Waals surface area (Å²) in [6.07, 6.45) is -2.37. The number of carbonyl (C=O) groups is 2. The molecule has 12 heteroatoms. The van der Waals surface area contributed by atoms with Crippen LogP contribution in [-0.2, 0) is 11.0 Å². The van der Waals surface area contributed by atoms with Crippen molar-refractivity contribution in [3.05, 3.63) is 83.6 Å². The molecule has 0 saturated carbocycles. The van der Waals surface area contributed by atoms with Crippen LogP contribution < -0.4 is 15.4 Å². The highest BCUT2D eigenvalue weighted by molar-refractivity contribution is 6.04. The number of halogens is 4. The third kappa shape index (κ3) is 6.57. The zero-order chi connectivity index (χ0) is 29.0. The van der Waals surface area contributed by atoms with Crippen molar-refractivity contribution >= 4 is 23.3 Å². The molecule has 0 bridgehead atoms. The van der Waals surface area contributed by atoms with Crippen LogP contribution in [-0.4, -0.2) is 33.4 Å². The Balaban J connectivity index is 1.74. The molecule has 1 aromatic carbocycles. The third-order valence-corrected chi connectivity index (χ3v) is 5.64. The first-order valence-electron chi connectivity index (χ1n) is 12.0. The predicted octanol–water partition coefficient (Wildman–Crippen LogP) is 6.28. The number of amides is 2. The molecule has 0 aliphatic rings. The van der Waals surface area contributed by atoms with E-state index in [4.69, 9.17) is 4.74 Å². The standard InChI is InChI=1S/C28H23F4N5O3/c1-4-40-26-13-19(10-22(36-26)17-5-8-34-25(12-17)35-16(3)38)20-14-23(21(29)9-15(20)2)37-27(39)18-6-7-33-24(11-18)28(30,31)32/h5-14H,4H2,1-3H3,(H,37,39)(H,34,35,38). The zero-order valence-corrected chi connectivity index (χ0v) is 21.6. The monoisotopic (exact) mass is 553 g/mol. The minimum Gasteiger partial charge on any atom is -0.478 e. The summed E-state index contributed by atoms with van der Waals surface area (Å²) in [5.74, 6) is -1.40. The van der Waals surface area contributed by atoms with Crippen molar-refractivity contribution in [3.63, 3.8) is 0 Å². The van der Waals surface area contributed by atoms with Crippen molar-refractivity contribution in [2.45, 2.75) is 26.9 Å². The van der Waals surface area contributed by atoms with Crippen molar-refractivity contribution in [3.8, 4) is 28.3 Å². The van der Waals surface area contributed by atoms with Gasteiger partial charge < -0.3 is 15.4 Å². The smallest absolute Gasteiger partial charge is 0.433 e.